The molecule has 1 unspecified atom stereocenters. The van der Waals surface area contributed by atoms with E-state index >= 15 is 0 Å². The topological polar surface area (TPSA) is 108 Å². The van der Waals surface area contributed by atoms with Crippen molar-refractivity contribution in [2.75, 3.05) is 34.4 Å². The SMILES string of the molecule is Nc1cccc(NC(=O)NC2CCN(c3ccnc(Nc4ccc(F)cc4)n3)C2)c1. The number of benzene rings is 2. The number of carbonyl (C=O) groups is 1. The van der Waals surface area contributed by atoms with Crippen LogP contribution in [0.1, 0.15) is 6.42 Å². The van der Waals surface area contributed by atoms with Gasteiger partial charge in [0.1, 0.15) is 11.6 Å². The molecule has 3 aromatic rings. The van der Waals surface area contributed by atoms with Crippen molar-refractivity contribution in [2.45, 2.75) is 12.5 Å². The van der Waals surface area contributed by atoms with E-state index in [4.69, 9.17) is 5.73 Å². The summed E-state index contributed by atoms with van der Waals surface area (Å²) in [7, 11) is 0. The van der Waals surface area contributed by atoms with Crippen LogP contribution in [0.5, 0.6) is 0 Å². The van der Waals surface area contributed by atoms with Gasteiger partial charge in [-0.2, -0.15) is 4.98 Å². The van der Waals surface area contributed by atoms with E-state index < -0.39 is 0 Å². The lowest BCUT2D eigenvalue weighted by Gasteiger charge is -2.18. The zero-order valence-electron chi connectivity index (χ0n) is 16.2. The summed E-state index contributed by atoms with van der Waals surface area (Å²) in [6.07, 6.45) is 2.47. The second kappa shape index (κ2) is 8.64. The number of urea groups is 1. The molecule has 9 heteroatoms. The minimum Gasteiger partial charge on any atom is -0.399 e. The maximum Gasteiger partial charge on any atom is 0.319 e. The molecule has 1 aliphatic rings. The zero-order chi connectivity index (χ0) is 20.9. The van der Waals surface area contributed by atoms with Crippen molar-refractivity contribution < 1.29 is 9.18 Å². The molecule has 4 rings (SSSR count). The molecule has 1 atom stereocenters. The molecule has 1 fully saturated rings. The van der Waals surface area contributed by atoms with Crippen molar-refractivity contribution in [3.63, 3.8) is 0 Å². The van der Waals surface area contributed by atoms with E-state index in [0.717, 1.165) is 18.8 Å². The number of aromatic nitrogens is 2. The van der Waals surface area contributed by atoms with Crippen LogP contribution in [0.2, 0.25) is 0 Å². The Morgan fingerprint density at radius 1 is 1.13 bits per heavy atom. The normalized spacial score (nSPS) is 15.6. The predicted octanol–water partition coefficient (Wildman–Crippen LogP) is 3.34. The molecule has 1 aromatic heterocycles. The van der Waals surface area contributed by atoms with Gasteiger partial charge >= 0.3 is 6.03 Å². The summed E-state index contributed by atoms with van der Waals surface area (Å²) in [5.41, 5.74) is 7.68. The van der Waals surface area contributed by atoms with Crippen LogP contribution in [0.15, 0.2) is 60.8 Å². The number of hydrogen-bond donors (Lipinski definition) is 4. The Morgan fingerprint density at radius 2 is 1.97 bits per heavy atom. The molecule has 2 amide bonds. The fourth-order valence-electron chi connectivity index (χ4n) is 3.30. The van der Waals surface area contributed by atoms with Gasteiger partial charge in [0.2, 0.25) is 5.95 Å². The Balaban J connectivity index is 1.33. The van der Waals surface area contributed by atoms with E-state index in [1.165, 1.54) is 12.1 Å². The molecule has 2 aromatic carbocycles. The molecule has 0 bridgehead atoms. The first-order chi connectivity index (χ1) is 14.5. The van der Waals surface area contributed by atoms with Crippen LogP contribution in [0.25, 0.3) is 0 Å². The smallest absolute Gasteiger partial charge is 0.319 e. The largest absolute Gasteiger partial charge is 0.399 e. The van der Waals surface area contributed by atoms with Crippen LogP contribution in [0.3, 0.4) is 0 Å². The van der Waals surface area contributed by atoms with Crippen molar-refractivity contribution in [1.82, 2.24) is 15.3 Å². The summed E-state index contributed by atoms with van der Waals surface area (Å²) in [4.78, 5) is 23.1. The lowest BCUT2D eigenvalue weighted by molar-refractivity contribution is 0.249. The molecule has 2 heterocycles. The number of carbonyl (C=O) groups excluding carboxylic acids is 1. The molecule has 154 valence electrons. The van der Waals surface area contributed by atoms with Gasteiger partial charge in [-0.1, -0.05) is 6.07 Å². The summed E-state index contributed by atoms with van der Waals surface area (Å²) in [6.45, 7) is 1.40. The van der Waals surface area contributed by atoms with Crippen LogP contribution < -0.4 is 26.6 Å². The quantitative estimate of drug-likeness (QED) is 0.483. The van der Waals surface area contributed by atoms with Crippen molar-refractivity contribution >= 4 is 34.9 Å². The van der Waals surface area contributed by atoms with E-state index in [0.29, 0.717) is 29.6 Å². The highest BCUT2D eigenvalue weighted by Gasteiger charge is 2.25. The van der Waals surface area contributed by atoms with Crippen LogP contribution in [-0.2, 0) is 0 Å². The fraction of sp³-hybridized carbons (Fsp3) is 0.190. The molecule has 30 heavy (non-hydrogen) atoms. The highest BCUT2D eigenvalue weighted by Crippen LogP contribution is 2.21. The molecule has 0 spiro atoms. The number of hydrogen-bond acceptors (Lipinski definition) is 6. The Morgan fingerprint density at radius 3 is 2.77 bits per heavy atom. The van der Waals surface area contributed by atoms with Crippen molar-refractivity contribution in [2.24, 2.45) is 0 Å². The van der Waals surface area contributed by atoms with Gasteiger partial charge in [0.15, 0.2) is 0 Å². The number of nitrogens with two attached hydrogens (primary N) is 1. The van der Waals surface area contributed by atoms with Gasteiger partial charge in [-0.15, -0.1) is 0 Å². The van der Waals surface area contributed by atoms with Gasteiger partial charge in [0.05, 0.1) is 0 Å². The second-order valence-corrected chi connectivity index (χ2v) is 7.03. The maximum atomic E-state index is 13.1. The molecule has 0 aliphatic carbocycles. The molecule has 5 N–H and O–H groups in total. The van der Waals surface area contributed by atoms with Gasteiger partial charge < -0.3 is 26.6 Å². The summed E-state index contributed by atoms with van der Waals surface area (Å²) in [6, 6.07) is 14.6. The number of anilines is 5. The van der Waals surface area contributed by atoms with Crippen LogP contribution >= 0.6 is 0 Å². The first kappa shape index (κ1) is 19.4. The monoisotopic (exact) mass is 407 g/mol. The highest BCUT2D eigenvalue weighted by molar-refractivity contribution is 5.90. The number of nitrogens with one attached hydrogen (secondary N) is 3. The van der Waals surface area contributed by atoms with Gasteiger partial charge in [-0.05, 0) is 55.0 Å². The van der Waals surface area contributed by atoms with Gasteiger partial charge in [-0.3, -0.25) is 0 Å². The highest BCUT2D eigenvalue weighted by atomic mass is 19.1. The Bertz CT molecular complexity index is 1030. The standard InChI is InChI=1S/C21H22FN7O/c22-14-4-6-16(7-5-14)25-20-24-10-8-19(28-20)29-11-9-18(13-29)27-21(30)26-17-3-1-2-15(23)12-17/h1-8,10,12,18H,9,11,13,23H2,(H,24,25,28)(H2,26,27,30). The van der Waals surface area contributed by atoms with E-state index in [9.17, 15) is 9.18 Å². The summed E-state index contributed by atoms with van der Waals surface area (Å²) < 4.78 is 13.1. The first-order valence-corrected chi connectivity index (χ1v) is 9.59. The minimum atomic E-state index is -0.300. The van der Waals surface area contributed by atoms with E-state index in [2.05, 4.69) is 30.8 Å². The summed E-state index contributed by atoms with van der Waals surface area (Å²) >= 11 is 0. The number of nitrogens with zero attached hydrogens (tertiary/aromatic N) is 3. The molecule has 8 nitrogen and oxygen atoms in total. The fourth-order valence-corrected chi connectivity index (χ4v) is 3.30. The molecule has 1 aliphatic heterocycles. The van der Waals surface area contributed by atoms with E-state index in [1.54, 1.807) is 42.6 Å². The number of amides is 2. The van der Waals surface area contributed by atoms with Crippen LogP contribution in [0, 0.1) is 5.82 Å². The van der Waals surface area contributed by atoms with E-state index in [-0.39, 0.29) is 17.9 Å². The number of rotatable bonds is 5. The van der Waals surface area contributed by atoms with E-state index in [1.807, 2.05) is 6.07 Å². The first-order valence-electron chi connectivity index (χ1n) is 9.59. The Hall–Kier alpha value is -3.88. The average Bonchev–Trinajstić information content (AvgIpc) is 3.18. The lowest BCUT2D eigenvalue weighted by atomic mass is 10.2. The summed E-state index contributed by atoms with van der Waals surface area (Å²) in [5, 5.41) is 8.84. The van der Waals surface area contributed by atoms with Gasteiger partial charge in [0.25, 0.3) is 0 Å². The molecule has 0 radical (unpaired) electrons. The second-order valence-electron chi connectivity index (χ2n) is 7.03. The zero-order valence-corrected chi connectivity index (χ0v) is 16.2. The molecule has 1 saturated heterocycles. The Kier molecular flexibility index (Phi) is 5.60. The third-order valence-corrected chi connectivity index (χ3v) is 4.73. The van der Waals surface area contributed by atoms with Gasteiger partial charge in [0, 0.05) is 42.4 Å². The van der Waals surface area contributed by atoms with Crippen molar-refractivity contribution in [1.29, 1.82) is 0 Å². The van der Waals surface area contributed by atoms with Gasteiger partial charge in [-0.25, -0.2) is 14.2 Å². The van der Waals surface area contributed by atoms with Crippen molar-refractivity contribution in [3.8, 4) is 0 Å². The molecule has 0 saturated carbocycles. The number of nitrogen functional groups attached to an aromatic ring is 1. The molecular weight excluding hydrogens is 385 g/mol. The van der Waals surface area contributed by atoms with Crippen LogP contribution in [-0.4, -0.2) is 35.1 Å². The average molecular weight is 407 g/mol. The van der Waals surface area contributed by atoms with Crippen molar-refractivity contribution in [3.05, 3.63) is 66.6 Å². The maximum absolute atomic E-state index is 13.1. The third kappa shape index (κ3) is 4.93. The third-order valence-electron chi connectivity index (χ3n) is 4.73. The number of halogens is 1. The Labute approximate surface area is 173 Å². The molecular formula is C21H22FN7O. The predicted molar refractivity (Wildman–Crippen MR) is 115 cm³/mol. The van der Waals surface area contributed by atoms with Crippen LogP contribution in [0.4, 0.5) is 38.0 Å². The minimum absolute atomic E-state index is 0.00506. The lowest BCUT2D eigenvalue weighted by Crippen LogP contribution is -2.39. The summed E-state index contributed by atoms with van der Waals surface area (Å²) in [5.74, 6) is 0.885.